The maximum atomic E-state index is 12.4. The Hall–Kier alpha value is -2.41. The van der Waals surface area contributed by atoms with Crippen molar-refractivity contribution in [3.8, 4) is 5.75 Å². The van der Waals surface area contributed by atoms with Gasteiger partial charge >= 0.3 is 0 Å². The minimum atomic E-state index is -0.0246. The number of ether oxygens (including phenoxy) is 2. The largest absolute Gasteiger partial charge is 0.484 e. The quantitative estimate of drug-likeness (QED) is 0.799. The van der Waals surface area contributed by atoms with Gasteiger partial charge in [0.2, 0.25) is 0 Å². The summed E-state index contributed by atoms with van der Waals surface area (Å²) >= 11 is 0. The van der Waals surface area contributed by atoms with Crippen molar-refractivity contribution in [1.29, 1.82) is 0 Å². The predicted octanol–water partition coefficient (Wildman–Crippen LogP) is 2.27. The summed E-state index contributed by atoms with van der Waals surface area (Å²) in [6.07, 6.45) is 1.79. The van der Waals surface area contributed by atoms with Crippen LogP contribution in [0.25, 0.3) is 0 Å². The first-order valence-corrected chi connectivity index (χ1v) is 8.48. The van der Waals surface area contributed by atoms with Crippen LogP contribution in [0.3, 0.4) is 0 Å². The van der Waals surface area contributed by atoms with Crippen LogP contribution in [0.15, 0.2) is 28.8 Å². The van der Waals surface area contributed by atoms with Gasteiger partial charge in [0.1, 0.15) is 12.4 Å². The Kier molecular flexibility index (Phi) is 5.65. The minimum absolute atomic E-state index is 0.0242. The molecule has 0 spiro atoms. The normalized spacial score (nSPS) is 17.5. The van der Waals surface area contributed by atoms with Gasteiger partial charge < -0.3 is 18.9 Å². The van der Waals surface area contributed by atoms with Crippen LogP contribution in [0, 0.1) is 13.8 Å². The van der Waals surface area contributed by atoms with E-state index in [2.05, 4.69) is 10.1 Å². The van der Waals surface area contributed by atoms with Gasteiger partial charge in [0.15, 0.2) is 12.4 Å². The predicted molar refractivity (Wildman–Crippen MR) is 90.1 cm³/mol. The van der Waals surface area contributed by atoms with Crippen LogP contribution >= 0.6 is 0 Å². The van der Waals surface area contributed by atoms with Crippen molar-refractivity contribution in [3.05, 3.63) is 41.5 Å². The molecule has 0 N–H and O–H groups in total. The van der Waals surface area contributed by atoms with Gasteiger partial charge in [-0.15, -0.1) is 0 Å². The van der Waals surface area contributed by atoms with Crippen LogP contribution in [0.2, 0.25) is 0 Å². The number of aromatic nitrogens is 2. The molecule has 1 aromatic heterocycles. The molecule has 1 atom stereocenters. The minimum Gasteiger partial charge on any atom is -0.484 e. The molecular weight excluding hydrogens is 322 g/mol. The molecule has 1 aromatic carbocycles. The number of hydrogen-bond donors (Lipinski definition) is 0. The average molecular weight is 345 g/mol. The number of benzene rings is 1. The van der Waals surface area contributed by atoms with Crippen LogP contribution in [0.5, 0.6) is 5.75 Å². The molecule has 0 radical (unpaired) electrons. The van der Waals surface area contributed by atoms with E-state index in [0.29, 0.717) is 24.0 Å². The lowest BCUT2D eigenvalue weighted by atomic mass is 10.1. The van der Waals surface area contributed by atoms with Crippen molar-refractivity contribution in [1.82, 2.24) is 15.0 Å². The first-order chi connectivity index (χ1) is 12.1. The summed E-state index contributed by atoms with van der Waals surface area (Å²) in [5.41, 5.74) is 1.10. The van der Waals surface area contributed by atoms with Gasteiger partial charge in [-0.1, -0.05) is 17.3 Å². The molecule has 1 saturated heterocycles. The number of nitrogens with zero attached hydrogens (tertiary/aromatic N) is 3. The van der Waals surface area contributed by atoms with E-state index < -0.39 is 0 Å². The molecule has 3 rings (SSSR count). The molecule has 2 aromatic rings. The average Bonchev–Trinajstić information content (AvgIpc) is 3.03. The fourth-order valence-electron chi connectivity index (χ4n) is 2.83. The van der Waals surface area contributed by atoms with Crippen molar-refractivity contribution < 1.29 is 18.8 Å². The lowest BCUT2D eigenvalue weighted by molar-refractivity contribution is -0.138. The highest BCUT2D eigenvalue weighted by atomic mass is 16.5. The van der Waals surface area contributed by atoms with Crippen molar-refractivity contribution in [2.75, 3.05) is 19.7 Å². The van der Waals surface area contributed by atoms with E-state index in [0.717, 1.165) is 24.9 Å². The highest BCUT2D eigenvalue weighted by Crippen LogP contribution is 2.16. The first-order valence-electron chi connectivity index (χ1n) is 8.48. The summed E-state index contributed by atoms with van der Waals surface area (Å²) in [5, 5.41) is 3.74. The SMILES string of the molecule is Cc1cccc(OCC(=O)N2CCC[C@H](OCc3nc(C)no3)C2)c1. The van der Waals surface area contributed by atoms with E-state index in [9.17, 15) is 4.79 Å². The van der Waals surface area contributed by atoms with E-state index in [-0.39, 0.29) is 25.2 Å². The third kappa shape index (κ3) is 5.03. The third-order valence-corrected chi connectivity index (χ3v) is 4.09. The standard InChI is InChI=1S/C18H23N3O4/c1-13-5-3-6-15(9-13)24-12-18(22)21-8-4-7-16(10-21)23-11-17-19-14(2)20-25-17/h3,5-6,9,16H,4,7-8,10-12H2,1-2H3/t16-/m0/s1. The Labute approximate surface area is 146 Å². The van der Waals surface area contributed by atoms with Gasteiger partial charge in [-0.3, -0.25) is 4.79 Å². The number of piperidine rings is 1. The second-order valence-corrected chi connectivity index (χ2v) is 6.26. The van der Waals surface area contributed by atoms with Gasteiger partial charge in [-0.05, 0) is 44.4 Å². The summed E-state index contributed by atoms with van der Waals surface area (Å²) in [6, 6.07) is 7.68. The zero-order valence-electron chi connectivity index (χ0n) is 14.6. The number of likely N-dealkylation sites (tertiary alicyclic amines) is 1. The maximum absolute atomic E-state index is 12.4. The van der Waals surface area contributed by atoms with E-state index in [1.807, 2.05) is 31.2 Å². The highest BCUT2D eigenvalue weighted by Gasteiger charge is 2.25. The van der Waals surface area contributed by atoms with Crippen LogP contribution in [0.1, 0.15) is 30.1 Å². The Morgan fingerprint density at radius 2 is 2.28 bits per heavy atom. The number of hydrogen-bond acceptors (Lipinski definition) is 6. The monoisotopic (exact) mass is 345 g/mol. The molecule has 0 saturated carbocycles. The van der Waals surface area contributed by atoms with Gasteiger partial charge in [0.25, 0.3) is 11.8 Å². The molecule has 2 heterocycles. The summed E-state index contributed by atoms with van der Waals surface area (Å²) in [7, 11) is 0. The van der Waals surface area contributed by atoms with Gasteiger partial charge in [-0.25, -0.2) is 0 Å². The molecule has 0 bridgehead atoms. The molecule has 7 heteroatoms. The second kappa shape index (κ2) is 8.11. The highest BCUT2D eigenvalue weighted by molar-refractivity contribution is 5.77. The molecule has 0 unspecified atom stereocenters. The number of carbonyl (C=O) groups excluding carboxylic acids is 1. The smallest absolute Gasteiger partial charge is 0.260 e. The molecule has 1 amide bonds. The third-order valence-electron chi connectivity index (χ3n) is 4.09. The van der Waals surface area contributed by atoms with Crippen LogP contribution in [-0.4, -0.2) is 46.7 Å². The van der Waals surface area contributed by atoms with Gasteiger partial charge in [0.05, 0.1) is 6.10 Å². The lowest BCUT2D eigenvalue weighted by Gasteiger charge is -2.32. The molecule has 1 aliphatic heterocycles. The molecule has 1 aliphatic rings. The zero-order valence-corrected chi connectivity index (χ0v) is 14.6. The Morgan fingerprint density at radius 3 is 3.04 bits per heavy atom. The lowest BCUT2D eigenvalue weighted by Crippen LogP contribution is -2.45. The van der Waals surface area contributed by atoms with Crippen molar-refractivity contribution in [2.24, 2.45) is 0 Å². The fourth-order valence-corrected chi connectivity index (χ4v) is 2.83. The first kappa shape index (κ1) is 17.4. The van der Waals surface area contributed by atoms with E-state index in [1.54, 1.807) is 11.8 Å². The zero-order chi connectivity index (χ0) is 17.6. The summed E-state index contributed by atoms with van der Waals surface area (Å²) in [4.78, 5) is 18.3. The molecule has 134 valence electrons. The van der Waals surface area contributed by atoms with Crippen LogP contribution in [-0.2, 0) is 16.1 Å². The second-order valence-electron chi connectivity index (χ2n) is 6.26. The van der Waals surface area contributed by atoms with Crippen LogP contribution < -0.4 is 4.74 Å². The summed E-state index contributed by atoms with van der Waals surface area (Å²) in [5.74, 6) is 1.74. The van der Waals surface area contributed by atoms with Crippen molar-refractivity contribution >= 4 is 5.91 Å². The molecular formula is C18H23N3O4. The maximum Gasteiger partial charge on any atom is 0.260 e. The fraction of sp³-hybridized carbons (Fsp3) is 0.500. The van der Waals surface area contributed by atoms with Gasteiger partial charge in [0, 0.05) is 13.1 Å². The Morgan fingerprint density at radius 1 is 1.40 bits per heavy atom. The topological polar surface area (TPSA) is 77.7 Å². The molecule has 0 aliphatic carbocycles. The van der Waals surface area contributed by atoms with Crippen molar-refractivity contribution in [3.63, 3.8) is 0 Å². The van der Waals surface area contributed by atoms with Crippen molar-refractivity contribution in [2.45, 2.75) is 39.4 Å². The molecule has 25 heavy (non-hydrogen) atoms. The van der Waals surface area contributed by atoms with E-state index >= 15 is 0 Å². The van der Waals surface area contributed by atoms with Gasteiger partial charge in [-0.2, -0.15) is 4.98 Å². The van der Waals surface area contributed by atoms with E-state index in [1.165, 1.54) is 0 Å². The number of rotatable bonds is 6. The van der Waals surface area contributed by atoms with E-state index in [4.69, 9.17) is 14.0 Å². The van der Waals surface area contributed by atoms with Crippen LogP contribution in [0.4, 0.5) is 0 Å². The summed E-state index contributed by atoms with van der Waals surface area (Å²) < 4.78 is 16.5. The molecule has 1 fully saturated rings. The summed E-state index contributed by atoms with van der Waals surface area (Å²) in [6.45, 7) is 5.36. The Balaban J connectivity index is 1.46. The number of amides is 1. The number of aryl methyl sites for hydroxylation is 2. The number of carbonyl (C=O) groups is 1. The molecule has 7 nitrogen and oxygen atoms in total. The Bertz CT molecular complexity index is 716.